The molecule has 3 rings (SSSR count). The molecule has 120 valence electrons. The third-order valence-electron chi connectivity index (χ3n) is 3.40. The van der Waals surface area contributed by atoms with Crippen LogP contribution in [0.2, 0.25) is 0 Å². The van der Waals surface area contributed by atoms with Crippen LogP contribution in [0.3, 0.4) is 0 Å². The molecule has 1 aromatic carbocycles. The van der Waals surface area contributed by atoms with E-state index in [1.54, 1.807) is 24.3 Å². The number of aromatic nitrogens is 1. The molecule has 3 aromatic rings. The van der Waals surface area contributed by atoms with Gasteiger partial charge in [-0.05, 0) is 48.4 Å². The number of hydrogen-bond acceptors (Lipinski definition) is 5. The van der Waals surface area contributed by atoms with Gasteiger partial charge in [-0.15, -0.1) is 11.3 Å². The number of thiophene rings is 1. The van der Waals surface area contributed by atoms with Crippen LogP contribution in [-0.4, -0.2) is 13.4 Å². The minimum atomic E-state index is -3.74. The van der Waals surface area contributed by atoms with Crippen LogP contribution >= 0.6 is 11.3 Å². The highest BCUT2D eigenvalue weighted by atomic mass is 32.2. The fourth-order valence-corrected chi connectivity index (χ4v) is 4.01. The molecular formula is C17H13N3O2S2. The van der Waals surface area contributed by atoms with Crippen molar-refractivity contribution >= 4 is 27.0 Å². The number of sulfonamides is 1. The lowest BCUT2D eigenvalue weighted by atomic mass is 10.1. The SMILES string of the molecule is Cc1ccc(-c2ccc(C#N)s2)cc1NS(=O)(=O)c1ccccn1. The van der Waals surface area contributed by atoms with E-state index in [1.165, 1.54) is 23.6 Å². The lowest BCUT2D eigenvalue weighted by Crippen LogP contribution is -2.15. The Bertz CT molecular complexity index is 1020. The van der Waals surface area contributed by atoms with Gasteiger partial charge < -0.3 is 0 Å². The van der Waals surface area contributed by atoms with Gasteiger partial charge in [-0.25, -0.2) is 4.98 Å². The first kappa shape index (κ1) is 16.2. The molecule has 0 bridgehead atoms. The van der Waals surface area contributed by atoms with Gasteiger partial charge in [0.25, 0.3) is 10.0 Å². The minimum Gasteiger partial charge on any atom is -0.278 e. The molecule has 2 aromatic heterocycles. The van der Waals surface area contributed by atoms with Crippen molar-refractivity contribution in [3.05, 3.63) is 65.2 Å². The second-order valence-electron chi connectivity index (χ2n) is 5.08. The second-order valence-corrected chi connectivity index (χ2v) is 7.79. The van der Waals surface area contributed by atoms with E-state index >= 15 is 0 Å². The molecule has 0 amide bonds. The van der Waals surface area contributed by atoms with Gasteiger partial charge in [-0.3, -0.25) is 4.72 Å². The molecule has 2 heterocycles. The van der Waals surface area contributed by atoms with Crippen molar-refractivity contribution in [2.75, 3.05) is 4.72 Å². The summed E-state index contributed by atoms with van der Waals surface area (Å²) in [5, 5.41) is 8.91. The second kappa shape index (κ2) is 6.43. The maximum Gasteiger partial charge on any atom is 0.279 e. The van der Waals surface area contributed by atoms with Crippen molar-refractivity contribution < 1.29 is 8.42 Å². The molecule has 0 unspecified atom stereocenters. The number of anilines is 1. The number of hydrogen-bond donors (Lipinski definition) is 1. The number of rotatable bonds is 4. The summed E-state index contributed by atoms with van der Waals surface area (Å²) in [6.07, 6.45) is 1.44. The maximum absolute atomic E-state index is 12.4. The van der Waals surface area contributed by atoms with Crippen molar-refractivity contribution in [2.24, 2.45) is 0 Å². The summed E-state index contributed by atoms with van der Waals surface area (Å²) in [6, 6.07) is 15.9. The van der Waals surface area contributed by atoms with Crippen molar-refractivity contribution in [1.82, 2.24) is 4.98 Å². The molecule has 0 saturated carbocycles. The van der Waals surface area contributed by atoms with Crippen LogP contribution in [0.1, 0.15) is 10.4 Å². The molecule has 0 saturated heterocycles. The Morgan fingerprint density at radius 2 is 2.00 bits per heavy atom. The number of pyridine rings is 1. The first-order chi connectivity index (χ1) is 11.5. The normalized spacial score (nSPS) is 11.0. The summed E-state index contributed by atoms with van der Waals surface area (Å²) in [5.41, 5.74) is 2.14. The van der Waals surface area contributed by atoms with Gasteiger partial charge in [0.05, 0.1) is 5.69 Å². The van der Waals surface area contributed by atoms with Gasteiger partial charge in [0, 0.05) is 11.1 Å². The summed E-state index contributed by atoms with van der Waals surface area (Å²) in [6.45, 7) is 1.83. The Hall–Kier alpha value is -2.69. The monoisotopic (exact) mass is 355 g/mol. The van der Waals surface area contributed by atoms with Gasteiger partial charge in [0.1, 0.15) is 10.9 Å². The van der Waals surface area contributed by atoms with Crippen molar-refractivity contribution in [2.45, 2.75) is 11.9 Å². The third kappa shape index (κ3) is 3.30. The molecule has 0 aliphatic rings. The van der Waals surface area contributed by atoms with E-state index in [0.717, 1.165) is 16.0 Å². The molecule has 0 aliphatic heterocycles. The smallest absolute Gasteiger partial charge is 0.278 e. The molecule has 0 radical (unpaired) electrons. The lowest BCUT2D eigenvalue weighted by molar-refractivity contribution is 0.597. The molecule has 1 N–H and O–H groups in total. The van der Waals surface area contributed by atoms with Gasteiger partial charge >= 0.3 is 0 Å². The summed E-state index contributed by atoms with van der Waals surface area (Å²) < 4.78 is 27.5. The Morgan fingerprint density at radius 3 is 2.67 bits per heavy atom. The number of nitriles is 1. The van der Waals surface area contributed by atoms with E-state index in [1.807, 2.05) is 25.1 Å². The standard InChI is InChI=1S/C17H13N3O2S2/c1-12-5-6-13(16-8-7-14(11-18)23-16)10-15(12)20-24(21,22)17-4-2-3-9-19-17/h2-10,20H,1H3. The van der Waals surface area contributed by atoms with E-state index in [9.17, 15) is 8.42 Å². The largest absolute Gasteiger partial charge is 0.279 e. The Balaban J connectivity index is 1.97. The summed E-state index contributed by atoms with van der Waals surface area (Å²) in [4.78, 5) is 5.41. The van der Waals surface area contributed by atoms with Gasteiger partial charge in [0.2, 0.25) is 0 Å². The van der Waals surface area contributed by atoms with E-state index in [-0.39, 0.29) is 5.03 Å². The summed E-state index contributed by atoms with van der Waals surface area (Å²) >= 11 is 1.36. The highest BCUT2D eigenvalue weighted by Gasteiger charge is 2.17. The number of aryl methyl sites for hydroxylation is 1. The predicted molar refractivity (Wildman–Crippen MR) is 94.3 cm³/mol. The zero-order valence-corrected chi connectivity index (χ0v) is 14.4. The number of benzene rings is 1. The first-order valence-electron chi connectivity index (χ1n) is 7.04. The van der Waals surface area contributed by atoms with Crippen LogP contribution in [0.15, 0.2) is 59.8 Å². The fraction of sp³-hybridized carbons (Fsp3) is 0.0588. The zero-order chi connectivity index (χ0) is 17.2. The zero-order valence-electron chi connectivity index (χ0n) is 12.7. The molecule has 0 fully saturated rings. The number of nitrogens with one attached hydrogen (secondary N) is 1. The minimum absolute atomic E-state index is 0.0299. The van der Waals surface area contributed by atoms with E-state index < -0.39 is 10.0 Å². The molecule has 0 aliphatic carbocycles. The molecule has 24 heavy (non-hydrogen) atoms. The van der Waals surface area contributed by atoms with E-state index in [2.05, 4.69) is 15.8 Å². The van der Waals surface area contributed by atoms with Crippen LogP contribution in [-0.2, 0) is 10.0 Å². The quantitative estimate of drug-likeness (QED) is 0.772. The maximum atomic E-state index is 12.4. The molecule has 0 spiro atoms. The fourth-order valence-electron chi connectivity index (χ4n) is 2.14. The summed E-state index contributed by atoms with van der Waals surface area (Å²) in [7, 11) is -3.74. The van der Waals surface area contributed by atoms with Gasteiger partial charge in [-0.2, -0.15) is 13.7 Å². The Morgan fingerprint density at radius 1 is 1.17 bits per heavy atom. The molecule has 7 heteroatoms. The Kier molecular flexibility index (Phi) is 4.34. The first-order valence-corrected chi connectivity index (χ1v) is 9.34. The van der Waals surface area contributed by atoms with Crippen LogP contribution in [0.25, 0.3) is 10.4 Å². The number of nitrogens with zero attached hydrogens (tertiary/aromatic N) is 2. The Labute approximate surface area is 144 Å². The van der Waals surface area contributed by atoms with Gasteiger partial charge in [0.15, 0.2) is 5.03 Å². The van der Waals surface area contributed by atoms with E-state index in [0.29, 0.717) is 10.6 Å². The van der Waals surface area contributed by atoms with Crippen molar-refractivity contribution in [3.63, 3.8) is 0 Å². The highest BCUT2D eigenvalue weighted by molar-refractivity contribution is 7.92. The van der Waals surface area contributed by atoms with Crippen LogP contribution in [0.5, 0.6) is 0 Å². The third-order valence-corrected chi connectivity index (χ3v) is 5.72. The predicted octanol–water partition coefficient (Wildman–Crippen LogP) is 3.79. The molecule has 5 nitrogen and oxygen atoms in total. The molecule has 0 atom stereocenters. The average Bonchev–Trinajstić information content (AvgIpc) is 3.07. The van der Waals surface area contributed by atoms with E-state index in [4.69, 9.17) is 5.26 Å². The average molecular weight is 355 g/mol. The van der Waals surface area contributed by atoms with Crippen LogP contribution < -0.4 is 4.72 Å². The topological polar surface area (TPSA) is 82.9 Å². The molecular weight excluding hydrogens is 342 g/mol. The van der Waals surface area contributed by atoms with Crippen LogP contribution in [0.4, 0.5) is 5.69 Å². The highest BCUT2D eigenvalue weighted by Crippen LogP contribution is 2.31. The summed E-state index contributed by atoms with van der Waals surface area (Å²) in [5.74, 6) is 0. The van der Waals surface area contributed by atoms with Crippen molar-refractivity contribution in [1.29, 1.82) is 5.26 Å². The lowest BCUT2D eigenvalue weighted by Gasteiger charge is -2.11. The van der Waals surface area contributed by atoms with Crippen LogP contribution in [0, 0.1) is 18.3 Å². The van der Waals surface area contributed by atoms with Crippen molar-refractivity contribution in [3.8, 4) is 16.5 Å². The van der Waals surface area contributed by atoms with Gasteiger partial charge in [-0.1, -0.05) is 18.2 Å².